The summed E-state index contributed by atoms with van der Waals surface area (Å²) in [7, 11) is -1.00. The van der Waals surface area contributed by atoms with Crippen molar-refractivity contribution < 1.29 is 0 Å². The number of nitrogens with one attached hydrogen (secondary N) is 1. The van der Waals surface area contributed by atoms with Crippen LogP contribution in [0.1, 0.15) is 71.1 Å². The van der Waals surface area contributed by atoms with E-state index in [0.29, 0.717) is 0 Å². The summed E-state index contributed by atoms with van der Waals surface area (Å²) in [5.41, 5.74) is 0. The van der Waals surface area contributed by atoms with Gasteiger partial charge in [0.2, 0.25) is 0 Å². The molecule has 0 aliphatic carbocycles. The maximum atomic E-state index is 3.69. The van der Waals surface area contributed by atoms with E-state index in [9.17, 15) is 0 Å². The van der Waals surface area contributed by atoms with E-state index in [0.717, 1.165) is 0 Å². The molecule has 104 valence electrons. The minimum atomic E-state index is -1.00. The summed E-state index contributed by atoms with van der Waals surface area (Å²) >= 11 is 0. The molecule has 0 aliphatic rings. The highest BCUT2D eigenvalue weighted by Gasteiger charge is 2.10. The molecule has 0 atom stereocenters. The zero-order chi connectivity index (χ0) is 13.0. The highest BCUT2D eigenvalue weighted by molar-refractivity contribution is 6.73. The lowest BCUT2D eigenvalue weighted by Crippen LogP contribution is -2.41. The second kappa shape index (κ2) is 11.3. The maximum Gasteiger partial charge on any atom is 0.116 e. The minimum Gasteiger partial charge on any atom is -0.337 e. The Morgan fingerprint density at radius 1 is 0.647 bits per heavy atom. The van der Waals surface area contributed by atoms with Gasteiger partial charge in [0.1, 0.15) is 8.24 Å². The zero-order valence-corrected chi connectivity index (χ0v) is 13.8. The Labute approximate surface area is 111 Å². The predicted molar refractivity (Wildman–Crippen MR) is 83.2 cm³/mol. The van der Waals surface area contributed by atoms with Gasteiger partial charge in [0.15, 0.2) is 0 Å². The van der Waals surface area contributed by atoms with E-state index < -0.39 is 8.24 Å². The van der Waals surface area contributed by atoms with Gasteiger partial charge in [0.25, 0.3) is 0 Å². The van der Waals surface area contributed by atoms with Gasteiger partial charge in [-0.25, -0.2) is 0 Å². The summed E-state index contributed by atoms with van der Waals surface area (Å²) in [6, 6.07) is 0. The Balaban J connectivity index is 2.99. The van der Waals surface area contributed by atoms with Crippen LogP contribution in [-0.2, 0) is 0 Å². The van der Waals surface area contributed by atoms with Gasteiger partial charge < -0.3 is 4.98 Å². The monoisotopic (exact) mass is 257 g/mol. The van der Waals surface area contributed by atoms with Crippen LogP contribution >= 0.6 is 0 Å². The quantitative estimate of drug-likeness (QED) is 0.368. The van der Waals surface area contributed by atoms with Crippen LogP contribution < -0.4 is 4.98 Å². The van der Waals surface area contributed by atoms with Gasteiger partial charge in [-0.2, -0.15) is 0 Å². The normalized spacial score (nSPS) is 12.0. The van der Waals surface area contributed by atoms with Crippen LogP contribution in [-0.4, -0.2) is 14.8 Å². The van der Waals surface area contributed by atoms with Crippen LogP contribution in [0.3, 0.4) is 0 Å². The van der Waals surface area contributed by atoms with Crippen molar-refractivity contribution in [1.29, 1.82) is 0 Å². The molecule has 2 heteroatoms. The molecule has 0 aliphatic heterocycles. The third-order valence-electron chi connectivity index (χ3n) is 3.19. The Kier molecular flexibility index (Phi) is 11.4. The molecule has 1 nitrogen and oxygen atoms in total. The van der Waals surface area contributed by atoms with Gasteiger partial charge in [-0.05, 0) is 13.0 Å². The van der Waals surface area contributed by atoms with Crippen LogP contribution in [0.2, 0.25) is 19.6 Å². The lowest BCUT2D eigenvalue weighted by molar-refractivity contribution is 0.555. The van der Waals surface area contributed by atoms with E-state index in [1.54, 1.807) is 0 Å². The third kappa shape index (κ3) is 16.2. The third-order valence-corrected chi connectivity index (χ3v) is 4.50. The number of hydrogen-bond donors (Lipinski definition) is 1. The molecule has 0 amide bonds. The summed E-state index contributed by atoms with van der Waals surface area (Å²) < 4.78 is 0. The summed E-state index contributed by atoms with van der Waals surface area (Å²) in [6.45, 7) is 10.7. The molecule has 0 aromatic rings. The van der Waals surface area contributed by atoms with Crippen LogP contribution in [0.15, 0.2) is 0 Å². The van der Waals surface area contributed by atoms with E-state index in [4.69, 9.17) is 0 Å². The SMILES string of the molecule is CCCCCCCCCCCCN[Si](C)(C)C. The summed E-state index contributed by atoms with van der Waals surface area (Å²) in [5, 5.41) is 0. The Morgan fingerprint density at radius 2 is 1.06 bits per heavy atom. The Bertz CT molecular complexity index is 151. The zero-order valence-electron chi connectivity index (χ0n) is 12.8. The molecular formula is C15H35NSi. The largest absolute Gasteiger partial charge is 0.337 e. The Hall–Kier alpha value is 0.177. The number of unbranched alkanes of at least 4 members (excludes halogenated alkanes) is 9. The molecular weight excluding hydrogens is 222 g/mol. The molecule has 1 N–H and O–H groups in total. The lowest BCUT2D eigenvalue weighted by atomic mass is 10.1. The van der Waals surface area contributed by atoms with Crippen molar-refractivity contribution in [3.63, 3.8) is 0 Å². The number of hydrogen-bond acceptors (Lipinski definition) is 1. The number of rotatable bonds is 12. The molecule has 0 radical (unpaired) electrons. The van der Waals surface area contributed by atoms with Crippen molar-refractivity contribution >= 4 is 8.24 Å². The molecule has 0 aromatic carbocycles. The van der Waals surface area contributed by atoms with E-state index >= 15 is 0 Å². The van der Waals surface area contributed by atoms with Crippen molar-refractivity contribution in [2.75, 3.05) is 6.54 Å². The van der Waals surface area contributed by atoms with E-state index in [1.165, 1.54) is 70.8 Å². The molecule has 0 saturated carbocycles. The first-order chi connectivity index (χ1) is 8.06. The van der Waals surface area contributed by atoms with Gasteiger partial charge in [-0.3, -0.25) is 0 Å². The van der Waals surface area contributed by atoms with E-state index in [1.807, 2.05) is 0 Å². The van der Waals surface area contributed by atoms with Gasteiger partial charge in [-0.15, -0.1) is 0 Å². The van der Waals surface area contributed by atoms with Crippen molar-refractivity contribution in [2.24, 2.45) is 0 Å². The van der Waals surface area contributed by atoms with Crippen LogP contribution in [0.5, 0.6) is 0 Å². The molecule has 0 bridgehead atoms. The molecule has 0 heterocycles. The highest BCUT2D eigenvalue weighted by Crippen LogP contribution is 2.10. The highest BCUT2D eigenvalue weighted by atomic mass is 28.3. The fourth-order valence-electron chi connectivity index (χ4n) is 2.08. The molecule has 0 aromatic heterocycles. The molecule has 0 rings (SSSR count). The molecule has 0 fully saturated rings. The molecule has 0 spiro atoms. The fraction of sp³-hybridized carbons (Fsp3) is 1.00. The van der Waals surface area contributed by atoms with Gasteiger partial charge in [0.05, 0.1) is 0 Å². The average molecular weight is 258 g/mol. The molecule has 17 heavy (non-hydrogen) atoms. The van der Waals surface area contributed by atoms with Gasteiger partial charge in [0, 0.05) is 0 Å². The maximum absolute atomic E-state index is 3.69. The topological polar surface area (TPSA) is 12.0 Å². The van der Waals surface area contributed by atoms with Crippen molar-refractivity contribution in [1.82, 2.24) is 4.98 Å². The van der Waals surface area contributed by atoms with Crippen LogP contribution in [0.25, 0.3) is 0 Å². The minimum absolute atomic E-state index is 1.00. The van der Waals surface area contributed by atoms with Gasteiger partial charge in [-0.1, -0.05) is 84.4 Å². The van der Waals surface area contributed by atoms with Crippen molar-refractivity contribution in [3.8, 4) is 0 Å². The van der Waals surface area contributed by atoms with Crippen LogP contribution in [0, 0.1) is 0 Å². The first-order valence-corrected chi connectivity index (χ1v) is 11.3. The molecule has 0 unspecified atom stereocenters. The summed E-state index contributed by atoms with van der Waals surface area (Å²) in [6.07, 6.45) is 14.3. The van der Waals surface area contributed by atoms with Gasteiger partial charge >= 0.3 is 0 Å². The Morgan fingerprint density at radius 3 is 1.47 bits per heavy atom. The summed E-state index contributed by atoms with van der Waals surface area (Å²) in [5.74, 6) is 0. The van der Waals surface area contributed by atoms with E-state index in [2.05, 4.69) is 31.5 Å². The van der Waals surface area contributed by atoms with Crippen molar-refractivity contribution in [3.05, 3.63) is 0 Å². The summed E-state index contributed by atoms with van der Waals surface area (Å²) in [4.78, 5) is 3.69. The fourth-order valence-corrected chi connectivity index (χ4v) is 3.00. The average Bonchev–Trinajstić information content (AvgIpc) is 2.24. The molecule has 0 saturated heterocycles. The predicted octanol–water partition coefficient (Wildman–Crippen LogP) is 5.33. The van der Waals surface area contributed by atoms with Crippen molar-refractivity contribution in [2.45, 2.75) is 90.8 Å². The first kappa shape index (κ1) is 17.2. The lowest BCUT2D eigenvalue weighted by Gasteiger charge is -2.17. The van der Waals surface area contributed by atoms with E-state index in [-0.39, 0.29) is 0 Å². The second-order valence-corrected chi connectivity index (χ2v) is 11.2. The first-order valence-electron chi connectivity index (χ1n) is 7.81. The standard InChI is InChI=1S/C15H35NSi/c1-5-6-7-8-9-10-11-12-13-14-15-16-17(2,3)4/h16H,5-15H2,1-4H3. The van der Waals surface area contributed by atoms with Crippen LogP contribution in [0.4, 0.5) is 0 Å². The second-order valence-electron chi connectivity index (χ2n) is 6.36. The smallest absolute Gasteiger partial charge is 0.116 e.